The number of amides is 3. The van der Waals surface area contributed by atoms with E-state index in [1.807, 2.05) is 11.8 Å². The lowest BCUT2D eigenvalue weighted by molar-refractivity contribution is -0.135. The fourth-order valence-corrected chi connectivity index (χ4v) is 4.36. The van der Waals surface area contributed by atoms with Gasteiger partial charge in [0, 0.05) is 64.8 Å². The summed E-state index contributed by atoms with van der Waals surface area (Å²) in [6, 6.07) is 5.13. The van der Waals surface area contributed by atoms with Crippen molar-refractivity contribution in [3.63, 3.8) is 0 Å². The van der Waals surface area contributed by atoms with Crippen LogP contribution in [0.5, 0.6) is 0 Å². The minimum absolute atomic E-state index is 0.0320. The SMILES string of the molecule is CC1(CO)CCN(C(=O)CCN2CCN(C(=O)C=Cc3ccc(Cl)c(Cl)c3)CCC2=O)CC1. The first-order valence-corrected chi connectivity index (χ1v) is 12.0. The molecule has 0 spiro atoms. The van der Waals surface area contributed by atoms with Gasteiger partial charge in [-0.3, -0.25) is 14.4 Å². The molecule has 180 valence electrons. The molecule has 2 aliphatic rings. The predicted octanol–water partition coefficient (Wildman–Crippen LogP) is 3.08. The number of aliphatic hydroxyl groups excluding tert-OH is 1. The summed E-state index contributed by atoms with van der Waals surface area (Å²) in [6.45, 7) is 4.97. The molecule has 0 radical (unpaired) electrons. The summed E-state index contributed by atoms with van der Waals surface area (Å²) >= 11 is 11.9. The van der Waals surface area contributed by atoms with Gasteiger partial charge >= 0.3 is 0 Å². The summed E-state index contributed by atoms with van der Waals surface area (Å²) in [6.07, 6.45) is 5.22. The number of hydrogen-bond donors (Lipinski definition) is 1. The highest BCUT2D eigenvalue weighted by atomic mass is 35.5. The molecule has 9 heteroatoms. The van der Waals surface area contributed by atoms with Gasteiger partial charge in [-0.25, -0.2) is 0 Å². The zero-order valence-corrected chi connectivity index (χ0v) is 20.4. The van der Waals surface area contributed by atoms with Crippen LogP contribution in [0.1, 0.15) is 38.2 Å². The van der Waals surface area contributed by atoms with E-state index in [1.54, 1.807) is 34.1 Å². The van der Waals surface area contributed by atoms with E-state index in [9.17, 15) is 19.5 Å². The van der Waals surface area contributed by atoms with E-state index in [2.05, 4.69) is 0 Å². The fraction of sp³-hybridized carbons (Fsp3) is 0.542. The van der Waals surface area contributed by atoms with Crippen LogP contribution in [0.2, 0.25) is 10.0 Å². The molecule has 3 rings (SSSR count). The normalized spacial score (nSPS) is 19.2. The molecular weight excluding hydrogens is 465 g/mol. The van der Waals surface area contributed by atoms with Gasteiger partial charge < -0.3 is 19.8 Å². The minimum Gasteiger partial charge on any atom is -0.396 e. The van der Waals surface area contributed by atoms with Crippen LogP contribution in [0, 0.1) is 5.41 Å². The number of benzene rings is 1. The van der Waals surface area contributed by atoms with E-state index < -0.39 is 0 Å². The number of hydrogen-bond acceptors (Lipinski definition) is 4. The molecule has 7 nitrogen and oxygen atoms in total. The number of carbonyl (C=O) groups excluding carboxylic acids is 3. The second kappa shape index (κ2) is 11.4. The van der Waals surface area contributed by atoms with Crippen molar-refractivity contribution in [2.75, 3.05) is 45.9 Å². The zero-order valence-electron chi connectivity index (χ0n) is 18.9. The molecule has 0 atom stereocenters. The monoisotopic (exact) mass is 495 g/mol. The van der Waals surface area contributed by atoms with Crippen molar-refractivity contribution >= 4 is 47.0 Å². The van der Waals surface area contributed by atoms with E-state index in [0.717, 1.165) is 18.4 Å². The van der Waals surface area contributed by atoms with Gasteiger partial charge in [-0.05, 0) is 42.0 Å². The van der Waals surface area contributed by atoms with Gasteiger partial charge in [-0.2, -0.15) is 0 Å². The molecule has 0 saturated carbocycles. The number of carbonyl (C=O) groups is 3. The maximum Gasteiger partial charge on any atom is 0.246 e. The van der Waals surface area contributed by atoms with Crippen LogP contribution in [0.4, 0.5) is 0 Å². The Kier molecular flexibility index (Phi) is 8.79. The van der Waals surface area contributed by atoms with Crippen LogP contribution in [0.15, 0.2) is 24.3 Å². The molecule has 1 N–H and O–H groups in total. The zero-order chi connectivity index (χ0) is 24.0. The second-order valence-electron chi connectivity index (χ2n) is 9.06. The third-order valence-electron chi connectivity index (χ3n) is 6.56. The largest absolute Gasteiger partial charge is 0.396 e. The van der Waals surface area contributed by atoms with Gasteiger partial charge in [0.1, 0.15) is 0 Å². The van der Waals surface area contributed by atoms with Crippen LogP contribution in [0.25, 0.3) is 6.08 Å². The molecule has 2 fully saturated rings. The summed E-state index contributed by atoms with van der Waals surface area (Å²) in [4.78, 5) is 42.9. The maximum atomic E-state index is 12.6. The van der Waals surface area contributed by atoms with Crippen LogP contribution < -0.4 is 0 Å². The Hall–Kier alpha value is -2.09. The first-order valence-electron chi connectivity index (χ1n) is 11.3. The van der Waals surface area contributed by atoms with Gasteiger partial charge in [0.15, 0.2) is 0 Å². The van der Waals surface area contributed by atoms with Gasteiger partial charge in [-0.1, -0.05) is 36.2 Å². The first kappa shape index (κ1) is 25.5. The average molecular weight is 496 g/mol. The van der Waals surface area contributed by atoms with Crippen LogP contribution in [-0.4, -0.2) is 83.4 Å². The van der Waals surface area contributed by atoms with Crippen molar-refractivity contribution in [2.24, 2.45) is 5.41 Å². The molecule has 2 aliphatic heterocycles. The smallest absolute Gasteiger partial charge is 0.246 e. The second-order valence-corrected chi connectivity index (χ2v) is 9.88. The van der Waals surface area contributed by atoms with Crippen molar-refractivity contribution < 1.29 is 19.5 Å². The molecule has 3 amide bonds. The Balaban J connectivity index is 1.48. The third-order valence-corrected chi connectivity index (χ3v) is 7.30. The molecule has 1 aromatic rings. The van der Waals surface area contributed by atoms with Crippen LogP contribution in [0.3, 0.4) is 0 Å². The minimum atomic E-state index is -0.174. The topological polar surface area (TPSA) is 81.2 Å². The molecule has 2 saturated heterocycles. The number of aliphatic hydroxyl groups is 1. The van der Waals surface area contributed by atoms with Gasteiger partial charge in [0.05, 0.1) is 10.0 Å². The standard InChI is InChI=1S/C24H31Cl2N3O4/c1-24(17-30)8-12-29(13-9-24)23(33)7-11-28-15-14-27(10-6-22(28)32)21(31)5-3-18-2-4-19(25)20(26)16-18/h2-5,16,30H,6-15,17H2,1H3. The van der Waals surface area contributed by atoms with E-state index in [0.29, 0.717) is 49.3 Å². The van der Waals surface area contributed by atoms with E-state index >= 15 is 0 Å². The summed E-state index contributed by atoms with van der Waals surface area (Å²) in [5.41, 5.74) is 0.655. The highest BCUT2D eigenvalue weighted by Crippen LogP contribution is 2.30. The summed E-state index contributed by atoms with van der Waals surface area (Å²) < 4.78 is 0. The Morgan fingerprint density at radius 1 is 1.06 bits per heavy atom. The van der Waals surface area contributed by atoms with E-state index in [4.69, 9.17) is 23.2 Å². The molecule has 0 aliphatic carbocycles. The summed E-state index contributed by atoms with van der Waals surface area (Å²) in [7, 11) is 0. The molecule has 0 unspecified atom stereocenters. The van der Waals surface area contributed by atoms with Crippen molar-refractivity contribution in [1.82, 2.24) is 14.7 Å². The summed E-state index contributed by atoms with van der Waals surface area (Å²) in [5, 5.41) is 10.4. The highest BCUT2D eigenvalue weighted by Gasteiger charge is 2.31. The quantitative estimate of drug-likeness (QED) is 0.614. The molecule has 1 aromatic carbocycles. The Labute approximate surface area is 204 Å². The lowest BCUT2D eigenvalue weighted by Crippen LogP contribution is -2.44. The van der Waals surface area contributed by atoms with Crippen molar-refractivity contribution in [3.8, 4) is 0 Å². The van der Waals surface area contributed by atoms with E-state index in [-0.39, 0.29) is 42.6 Å². The fourth-order valence-electron chi connectivity index (χ4n) is 4.06. The number of likely N-dealkylation sites (tertiary alicyclic amines) is 1. The lowest BCUT2D eigenvalue weighted by atomic mass is 9.81. The highest BCUT2D eigenvalue weighted by molar-refractivity contribution is 6.42. The summed E-state index contributed by atoms with van der Waals surface area (Å²) in [5.74, 6) is -0.186. The Morgan fingerprint density at radius 2 is 1.79 bits per heavy atom. The molecule has 0 bridgehead atoms. The van der Waals surface area contributed by atoms with Crippen LogP contribution in [-0.2, 0) is 14.4 Å². The predicted molar refractivity (Wildman–Crippen MR) is 129 cm³/mol. The molecule has 0 aromatic heterocycles. The number of halogens is 2. The van der Waals surface area contributed by atoms with Gasteiger partial charge in [0.25, 0.3) is 0 Å². The van der Waals surface area contributed by atoms with Gasteiger partial charge in [-0.15, -0.1) is 0 Å². The average Bonchev–Trinajstić information content (AvgIpc) is 3.00. The van der Waals surface area contributed by atoms with Crippen LogP contribution >= 0.6 is 23.2 Å². The number of piperidine rings is 1. The van der Waals surface area contributed by atoms with E-state index in [1.165, 1.54) is 6.08 Å². The Bertz CT molecular complexity index is 913. The van der Waals surface area contributed by atoms with Crippen molar-refractivity contribution in [1.29, 1.82) is 0 Å². The number of nitrogens with zero attached hydrogens (tertiary/aromatic N) is 3. The molecule has 33 heavy (non-hydrogen) atoms. The lowest BCUT2D eigenvalue weighted by Gasteiger charge is -2.38. The van der Waals surface area contributed by atoms with Crippen molar-refractivity contribution in [2.45, 2.75) is 32.6 Å². The first-order chi connectivity index (χ1) is 15.7. The Morgan fingerprint density at radius 3 is 2.45 bits per heavy atom. The third kappa shape index (κ3) is 6.95. The van der Waals surface area contributed by atoms with Gasteiger partial charge in [0.2, 0.25) is 17.7 Å². The van der Waals surface area contributed by atoms with Crippen molar-refractivity contribution in [3.05, 3.63) is 39.9 Å². The maximum absolute atomic E-state index is 12.6. The molecule has 2 heterocycles. The molecular formula is C24H31Cl2N3O4. The number of rotatable bonds is 6.